The molecule has 0 bridgehead atoms. The van der Waals surface area contributed by atoms with Gasteiger partial charge in [0.1, 0.15) is 0 Å². The van der Waals surface area contributed by atoms with Gasteiger partial charge in [-0.05, 0) is 36.2 Å². The van der Waals surface area contributed by atoms with Crippen molar-refractivity contribution in [3.8, 4) is 11.3 Å². The molecule has 2 rings (SSSR count). The van der Waals surface area contributed by atoms with Gasteiger partial charge < -0.3 is 4.74 Å². The van der Waals surface area contributed by atoms with Gasteiger partial charge in [-0.3, -0.25) is 0 Å². The molecule has 0 spiro atoms. The van der Waals surface area contributed by atoms with Gasteiger partial charge in [-0.15, -0.1) is 0 Å². The van der Waals surface area contributed by atoms with E-state index in [1.54, 1.807) is 18.3 Å². The number of carbonyl (C=O) groups is 1. The first-order valence-electron chi connectivity index (χ1n) is 5.29. The van der Waals surface area contributed by atoms with E-state index in [0.717, 1.165) is 11.1 Å². The van der Waals surface area contributed by atoms with Gasteiger partial charge in [0, 0.05) is 11.8 Å². The van der Waals surface area contributed by atoms with E-state index < -0.39 is 0 Å². The van der Waals surface area contributed by atoms with Crippen LogP contribution in [0.5, 0.6) is 0 Å². The molecule has 5 heteroatoms. The highest BCUT2D eigenvalue weighted by Crippen LogP contribution is 2.21. The fourth-order valence-electron chi connectivity index (χ4n) is 1.61. The van der Waals surface area contributed by atoms with Crippen molar-refractivity contribution in [3.63, 3.8) is 0 Å². The Morgan fingerprint density at radius 3 is 2.78 bits per heavy atom. The highest BCUT2D eigenvalue weighted by Gasteiger charge is 2.11. The quantitative estimate of drug-likeness (QED) is 0.617. The predicted molar refractivity (Wildman–Crippen MR) is 68.6 cm³/mol. The third-order valence-corrected chi connectivity index (χ3v) is 2.75. The van der Waals surface area contributed by atoms with Crippen LogP contribution in [0.3, 0.4) is 0 Å². The first kappa shape index (κ1) is 12.5. The Balaban J connectivity index is 2.50. The number of hydrogen-bond acceptors (Lipinski definition) is 4. The van der Waals surface area contributed by atoms with E-state index in [0.29, 0.717) is 11.3 Å². The van der Waals surface area contributed by atoms with Crippen LogP contribution in [0.4, 0.5) is 0 Å². The number of esters is 1. The number of nitrogens with zero attached hydrogens (tertiary/aromatic N) is 2. The van der Waals surface area contributed by atoms with E-state index in [4.69, 9.17) is 16.3 Å². The van der Waals surface area contributed by atoms with Crippen molar-refractivity contribution in [1.82, 2.24) is 9.97 Å². The molecule has 1 heterocycles. The van der Waals surface area contributed by atoms with E-state index in [9.17, 15) is 4.79 Å². The maximum absolute atomic E-state index is 11.6. The molecule has 0 fully saturated rings. The largest absolute Gasteiger partial charge is 0.465 e. The molecule has 18 heavy (non-hydrogen) atoms. The minimum Gasteiger partial charge on any atom is -0.465 e. The molecule has 0 aliphatic heterocycles. The molecule has 2 aromatic rings. The van der Waals surface area contributed by atoms with E-state index in [-0.39, 0.29) is 11.3 Å². The Morgan fingerprint density at radius 1 is 1.33 bits per heavy atom. The van der Waals surface area contributed by atoms with Crippen molar-refractivity contribution in [3.05, 3.63) is 46.9 Å². The van der Waals surface area contributed by atoms with Crippen molar-refractivity contribution in [2.24, 2.45) is 0 Å². The van der Waals surface area contributed by atoms with Crippen molar-refractivity contribution in [2.75, 3.05) is 7.11 Å². The normalized spacial score (nSPS) is 10.2. The van der Waals surface area contributed by atoms with Gasteiger partial charge in [-0.1, -0.05) is 12.1 Å². The molecule has 1 aromatic carbocycles. The van der Waals surface area contributed by atoms with Crippen LogP contribution in [0, 0.1) is 6.92 Å². The average Bonchev–Trinajstić information content (AvgIpc) is 2.38. The minimum absolute atomic E-state index is 0.174. The zero-order chi connectivity index (χ0) is 13.1. The lowest BCUT2D eigenvalue weighted by Gasteiger charge is -2.07. The first-order chi connectivity index (χ1) is 8.61. The summed E-state index contributed by atoms with van der Waals surface area (Å²) < 4.78 is 4.73. The SMILES string of the molecule is COC(=O)c1cc(-c2ccnc(Cl)n2)ccc1C. The molecule has 0 radical (unpaired) electrons. The molecular weight excluding hydrogens is 252 g/mol. The van der Waals surface area contributed by atoms with Crippen LogP contribution in [-0.2, 0) is 4.74 Å². The lowest BCUT2D eigenvalue weighted by Crippen LogP contribution is -2.04. The molecule has 0 aliphatic rings. The van der Waals surface area contributed by atoms with Crippen LogP contribution in [0.25, 0.3) is 11.3 Å². The molecule has 0 aliphatic carbocycles. The molecule has 0 amide bonds. The van der Waals surface area contributed by atoms with Gasteiger partial charge in [0.05, 0.1) is 18.4 Å². The standard InChI is InChI=1S/C13H11ClN2O2/c1-8-3-4-9(7-10(8)12(17)18-2)11-5-6-15-13(14)16-11/h3-7H,1-2H3. The van der Waals surface area contributed by atoms with Gasteiger partial charge in [-0.25, -0.2) is 14.8 Å². The van der Waals surface area contributed by atoms with Crippen LogP contribution in [0.1, 0.15) is 15.9 Å². The second-order valence-electron chi connectivity index (χ2n) is 3.73. The number of benzene rings is 1. The van der Waals surface area contributed by atoms with Crippen LogP contribution in [0.2, 0.25) is 5.28 Å². The zero-order valence-electron chi connectivity index (χ0n) is 9.98. The van der Waals surface area contributed by atoms with E-state index >= 15 is 0 Å². The maximum Gasteiger partial charge on any atom is 0.338 e. The number of aromatic nitrogens is 2. The molecule has 4 nitrogen and oxygen atoms in total. The first-order valence-corrected chi connectivity index (χ1v) is 5.67. The molecule has 0 saturated heterocycles. The van der Waals surface area contributed by atoms with Gasteiger partial charge >= 0.3 is 5.97 Å². The zero-order valence-corrected chi connectivity index (χ0v) is 10.7. The molecule has 0 saturated carbocycles. The molecule has 0 N–H and O–H groups in total. The van der Waals surface area contributed by atoms with Crippen LogP contribution in [-0.4, -0.2) is 23.0 Å². The molecule has 1 aromatic heterocycles. The summed E-state index contributed by atoms with van der Waals surface area (Å²) in [6, 6.07) is 7.19. The summed E-state index contributed by atoms with van der Waals surface area (Å²) in [7, 11) is 1.36. The Kier molecular flexibility index (Phi) is 3.58. The Labute approximate surface area is 110 Å². The number of aryl methyl sites for hydroxylation is 1. The third kappa shape index (κ3) is 2.49. The molecule has 92 valence electrons. The Bertz CT molecular complexity index is 599. The smallest absolute Gasteiger partial charge is 0.338 e. The number of hydrogen-bond donors (Lipinski definition) is 0. The summed E-state index contributed by atoms with van der Waals surface area (Å²) in [6.45, 7) is 1.85. The lowest BCUT2D eigenvalue weighted by molar-refractivity contribution is 0.0600. The van der Waals surface area contributed by atoms with E-state index in [1.165, 1.54) is 7.11 Å². The number of rotatable bonds is 2. The van der Waals surface area contributed by atoms with Crippen LogP contribution >= 0.6 is 11.6 Å². The van der Waals surface area contributed by atoms with Crippen molar-refractivity contribution < 1.29 is 9.53 Å². The van der Waals surface area contributed by atoms with Gasteiger partial charge in [0.25, 0.3) is 0 Å². The predicted octanol–water partition coefficient (Wildman–Crippen LogP) is 2.89. The molecular formula is C13H11ClN2O2. The number of ether oxygens (including phenoxy) is 1. The Morgan fingerprint density at radius 2 is 2.11 bits per heavy atom. The topological polar surface area (TPSA) is 52.1 Å². The van der Waals surface area contributed by atoms with E-state index in [1.807, 2.05) is 19.1 Å². The fraction of sp³-hybridized carbons (Fsp3) is 0.154. The fourth-order valence-corrected chi connectivity index (χ4v) is 1.75. The summed E-state index contributed by atoms with van der Waals surface area (Å²) in [6.07, 6.45) is 1.57. The summed E-state index contributed by atoms with van der Waals surface area (Å²) >= 11 is 5.74. The average molecular weight is 263 g/mol. The highest BCUT2D eigenvalue weighted by molar-refractivity contribution is 6.28. The second kappa shape index (κ2) is 5.14. The van der Waals surface area contributed by atoms with Crippen molar-refractivity contribution in [1.29, 1.82) is 0 Å². The minimum atomic E-state index is -0.366. The number of methoxy groups -OCH3 is 1. The van der Waals surface area contributed by atoms with E-state index in [2.05, 4.69) is 9.97 Å². The molecule has 0 atom stereocenters. The monoisotopic (exact) mass is 262 g/mol. The lowest BCUT2D eigenvalue weighted by atomic mass is 10.0. The van der Waals surface area contributed by atoms with Gasteiger partial charge in [0.15, 0.2) is 0 Å². The third-order valence-electron chi connectivity index (χ3n) is 2.56. The highest BCUT2D eigenvalue weighted by atomic mass is 35.5. The number of halogens is 1. The maximum atomic E-state index is 11.6. The van der Waals surface area contributed by atoms with Gasteiger partial charge in [-0.2, -0.15) is 0 Å². The van der Waals surface area contributed by atoms with Crippen molar-refractivity contribution in [2.45, 2.75) is 6.92 Å². The van der Waals surface area contributed by atoms with Gasteiger partial charge in [0.2, 0.25) is 5.28 Å². The summed E-state index contributed by atoms with van der Waals surface area (Å²) in [5.41, 5.74) is 2.83. The Hall–Kier alpha value is -1.94. The molecule has 0 unspecified atom stereocenters. The van der Waals surface area contributed by atoms with Crippen LogP contribution in [0.15, 0.2) is 30.5 Å². The van der Waals surface area contributed by atoms with Crippen molar-refractivity contribution >= 4 is 17.6 Å². The number of carbonyl (C=O) groups excluding carboxylic acids is 1. The van der Waals surface area contributed by atoms with Crippen LogP contribution < -0.4 is 0 Å². The summed E-state index contributed by atoms with van der Waals surface area (Å²) in [5.74, 6) is -0.366. The summed E-state index contributed by atoms with van der Waals surface area (Å²) in [4.78, 5) is 19.5. The second-order valence-corrected chi connectivity index (χ2v) is 4.07. The summed E-state index contributed by atoms with van der Waals surface area (Å²) in [5, 5.41) is 0.174.